The largest absolute Gasteiger partial charge is 0.497 e. The van der Waals surface area contributed by atoms with Crippen LogP contribution in [-0.4, -0.2) is 6.61 Å². The summed E-state index contributed by atoms with van der Waals surface area (Å²) < 4.78 is 5.82. The minimum Gasteiger partial charge on any atom is -0.497 e. The topological polar surface area (TPSA) is 9.23 Å². The van der Waals surface area contributed by atoms with Crippen LogP contribution in [0, 0.1) is 23.2 Å². The van der Waals surface area contributed by atoms with Crippen LogP contribution in [0.4, 0.5) is 0 Å². The molecular formula is C30H44O. The Morgan fingerprint density at radius 1 is 1.10 bits per heavy atom. The zero-order chi connectivity index (χ0) is 23.3. The van der Waals surface area contributed by atoms with Gasteiger partial charge in [-0.25, -0.2) is 0 Å². The molecule has 1 nitrogen and oxygen atoms in total. The summed E-state index contributed by atoms with van der Waals surface area (Å²) in [6.45, 7) is 23.8. The van der Waals surface area contributed by atoms with Gasteiger partial charge in [-0.3, -0.25) is 0 Å². The third-order valence-electron chi connectivity index (χ3n) is 6.73. The van der Waals surface area contributed by atoms with Crippen LogP contribution in [0.15, 0.2) is 85.7 Å². The van der Waals surface area contributed by atoms with Gasteiger partial charge in [-0.05, 0) is 43.1 Å². The molecule has 1 heterocycles. The van der Waals surface area contributed by atoms with Gasteiger partial charge < -0.3 is 4.74 Å². The average molecular weight is 421 g/mol. The molecule has 1 heteroatoms. The maximum atomic E-state index is 5.82. The van der Waals surface area contributed by atoms with Crippen molar-refractivity contribution in [1.29, 1.82) is 0 Å². The minimum atomic E-state index is 0.145. The van der Waals surface area contributed by atoms with Crippen LogP contribution >= 0.6 is 0 Å². The molecule has 1 aromatic rings. The van der Waals surface area contributed by atoms with Crippen molar-refractivity contribution in [3.8, 4) is 0 Å². The first-order chi connectivity index (χ1) is 14.9. The molecule has 4 rings (SSSR count). The molecule has 4 atom stereocenters. The smallest absolute Gasteiger partial charge is 0.0950 e. The predicted molar refractivity (Wildman–Crippen MR) is 139 cm³/mol. The number of allylic oxidation sites excluding steroid dienone is 5. The number of hydrogen-bond donors (Lipinski definition) is 0. The van der Waals surface area contributed by atoms with Gasteiger partial charge >= 0.3 is 0 Å². The predicted octanol–water partition coefficient (Wildman–Crippen LogP) is 9.02. The highest BCUT2D eigenvalue weighted by Crippen LogP contribution is 2.54. The third kappa shape index (κ3) is 7.42. The van der Waals surface area contributed by atoms with Crippen molar-refractivity contribution in [2.24, 2.45) is 23.2 Å². The molecule has 1 aromatic carbocycles. The summed E-state index contributed by atoms with van der Waals surface area (Å²) in [6.07, 6.45) is 14.9. The average Bonchev–Trinajstić information content (AvgIpc) is 3.41. The van der Waals surface area contributed by atoms with E-state index < -0.39 is 0 Å². The Kier molecular flexibility index (Phi) is 12.0. The van der Waals surface area contributed by atoms with E-state index in [0.29, 0.717) is 11.8 Å². The summed E-state index contributed by atoms with van der Waals surface area (Å²) >= 11 is 0. The quantitative estimate of drug-likeness (QED) is 0.434. The lowest BCUT2D eigenvalue weighted by molar-refractivity contribution is -0.0492. The van der Waals surface area contributed by atoms with Crippen molar-refractivity contribution >= 4 is 6.08 Å². The van der Waals surface area contributed by atoms with Gasteiger partial charge in [0.15, 0.2) is 0 Å². The van der Waals surface area contributed by atoms with Crippen molar-refractivity contribution in [3.63, 3.8) is 0 Å². The summed E-state index contributed by atoms with van der Waals surface area (Å²) in [5.74, 6) is 3.00. The van der Waals surface area contributed by atoms with E-state index >= 15 is 0 Å². The SMILES string of the molecule is C1=CCC=C1.C=C1CCC(C)C2C1COC(=C)C2(C)CC.C=Cc1ccccc1.CC. The first kappa shape index (κ1) is 26.8. The van der Waals surface area contributed by atoms with Crippen LogP contribution in [0.25, 0.3) is 6.08 Å². The van der Waals surface area contributed by atoms with Crippen molar-refractivity contribution in [2.75, 3.05) is 6.61 Å². The van der Waals surface area contributed by atoms with Crippen molar-refractivity contribution in [3.05, 3.63) is 91.3 Å². The first-order valence-electron chi connectivity index (χ1n) is 11.9. The van der Waals surface area contributed by atoms with E-state index in [1.807, 2.05) is 50.3 Å². The van der Waals surface area contributed by atoms with Gasteiger partial charge in [0.1, 0.15) is 0 Å². The molecular weight excluding hydrogens is 376 g/mol. The number of rotatable bonds is 2. The Morgan fingerprint density at radius 2 is 1.71 bits per heavy atom. The van der Waals surface area contributed by atoms with E-state index in [1.54, 1.807) is 0 Å². The maximum absolute atomic E-state index is 5.82. The monoisotopic (exact) mass is 420 g/mol. The van der Waals surface area contributed by atoms with Gasteiger partial charge in [-0.1, -0.05) is 121 Å². The van der Waals surface area contributed by atoms with Gasteiger partial charge in [-0.2, -0.15) is 0 Å². The van der Waals surface area contributed by atoms with Crippen LogP contribution in [0.3, 0.4) is 0 Å². The van der Waals surface area contributed by atoms with Crippen LogP contribution in [0.1, 0.15) is 65.9 Å². The Labute approximate surface area is 192 Å². The molecule has 3 aliphatic rings. The van der Waals surface area contributed by atoms with Crippen molar-refractivity contribution in [2.45, 2.75) is 60.3 Å². The second kappa shape index (κ2) is 13.9. The van der Waals surface area contributed by atoms with E-state index in [1.165, 1.54) is 24.0 Å². The normalized spacial score (nSPS) is 27.8. The molecule has 0 amide bonds. The molecule has 4 unspecified atom stereocenters. The lowest BCUT2D eigenvalue weighted by Gasteiger charge is -2.52. The molecule has 2 fully saturated rings. The second-order valence-electron chi connectivity index (χ2n) is 8.52. The lowest BCUT2D eigenvalue weighted by Crippen LogP contribution is -2.47. The van der Waals surface area contributed by atoms with Crippen LogP contribution < -0.4 is 0 Å². The molecule has 31 heavy (non-hydrogen) atoms. The fourth-order valence-corrected chi connectivity index (χ4v) is 4.68. The Balaban J connectivity index is 0.000000265. The Morgan fingerprint density at radius 3 is 2.16 bits per heavy atom. The number of ether oxygens (including phenoxy) is 1. The fraction of sp³-hybridized carbons (Fsp3) is 0.467. The van der Waals surface area contributed by atoms with Gasteiger partial charge in [0, 0.05) is 11.3 Å². The highest BCUT2D eigenvalue weighted by molar-refractivity contribution is 5.45. The van der Waals surface area contributed by atoms with E-state index in [2.05, 4.69) is 64.8 Å². The van der Waals surface area contributed by atoms with Gasteiger partial charge in [0.2, 0.25) is 0 Å². The molecule has 1 saturated heterocycles. The fourth-order valence-electron chi connectivity index (χ4n) is 4.68. The summed E-state index contributed by atoms with van der Waals surface area (Å²) in [4.78, 5) is 0. The molecule has 0 bridgehead atoms. The van der Waals surface area contributed by atoms with Crippen molar-refractivity contribution in [1.82, 2.24) is 0 Å². The zero-order valence-electron chi connectivity index (χ0n) is 20.6. The van der Waals surface area contributed by atoms with Gasteiger partial charge in [0.05, 0.1) is 12.4 Å². The summed E-state index contributed by atoms with van der Waals surface area (Å²) in [5.41, 5.74) is 2.72. The first-order valence-corrected chi connectivity index (χ1v) is 11.9. The Bertz CT molecular complexity index is 729. The Hall–Kier alpha value is -2.28. The van der Waals surface area contributed by atoms with Crippen LogP contribution in [0.5, 0.6) is 0 Å². The lowest BCUT2D eigenvalue weighted by atomic mass is 9.56. The molecule has 0 spiro atoms. The molecule has 2 aliphatic carbocycles. The molecule has 170 valence electrons. The molecule has 1 aliphatic heterocycles. The standard InChI is InChI=1S/C15H24O.C8H8.C5H6.C2H6/c1-6-15(5)12(4)16-9-13-10(2)7-8-11(3)14(13)15;1-2-8-6-4-3-5-7-8;1-2-4-5-3-1;1-2/h11,13-14H,2,4,6-9H2,1,3,5H3;2-7H,1H2;1-4H,5H2;1-2H3. The number of fused-ring (bicyclic) bond motifs is 1. The van der Waals surface area contributed by atoms with E-state index in [9.17, 15) is 0 Å². The molecule has 0 radical (unpaired) electrons. The van der Waals surface area contributed by atoms with Gasteiger partial charge in [0.25, 0.3) is 0 Å². The zero-order valence-corrected chi connectivity index (χ0v) is 20.6. The molecule has 1 saturated carbocycles. The number of benzene rings is 1. The van der Waals surface area contributed by atoms with Crippen molar-refractivity contribution < 1.29 is 4.74 Å². The van der Waals surface area contributed by atoms with E-state index in [-0.39, 0.29) is 5.41 Å². The van der Waals surface area contributed by atoms with Gasteiger partial charge in [-0.15, -0.1) is 0 Å². The summed E-state index contributed by atoms with van der Waals surface area (Å²) in [5, 5.41) is 0. The third-order valence-corrected chi connectivity index (χ3v) is 6.73. The highest BCUT2D eigenvalue weighted by atomic mass is 16.5. The van der Waals surface area contributed by atoms with Crippen LogP contribution in [-0.2, 0) is 4.74 Å². The van der Waals surface area contributed by atoms with Crippen LogP contribution in [0.2, 0.25) is 0 Å². The van der Waals surface area contributed by atoms with E-state index in [4.69, 9.17) is 4.74 Å². The van der Waals surface area contributed by atoms with E-state index in [0.717, 1.165) is 31.1 Å². The maximum Gasteiger partial charge on any atom is 0.0950 e. The summed E-state index contributed by atoms with van der Waals surface area (Å²) in [6, 6.07) is 10.0. The highest BCUT2D eigenvalue weighted by Gasteiger charge is 2.49. The second-order valence-corrected chi connectivity index (χ2v) is 8.52. The number of hydrogen-bond acceptors (Lipinski definition) is 1. The molecule has 0 N–H and O–H groups in total. The summed E-state index contributed by atoms with van der Waals surface area (Å²) in [7, 11) is 0. The minimum absolute atomic E-state index is 0.145. The molecule has 0 aromatic heterocycles.